The van der Waals surface area contributed by atoms with Crippen LogP contribution >= 0.6 is 11.3 Å². The number of amides is 1. The largest absolute Gasteiger partial charge is 0.488 e. The number of hydrogen-bond donors (Lipinski definition) is 3. The van der Waals surface area contributed by atoms with Gasteiger partial charge in [-0.05, 0) is 43.2 Å². The summed E-state index contributed by atoms with van der Waals surface area (Å²) in [7, 11) is 0. The van der Waals surface area contributed by atoms with Gasteiger partial charge in [0.15, 0.2) is 0 Å². The topological polar surface area (TPSA) is 98.5 Å². The number of fused-ring (bicyclic) bond motifs is 1. The Bertz CT molecular complexity index is 1110. The van der Waals surface area contributed by atoms with Crippen molar-refractivity contribution in [2.24, 2.45) is 0 Å². The van der Waals surface area contributed by atoms with Gasteiger partial charge in [0.25, 0.3) is 5.91 Å². The lowest BCUT2D eigenvalue weighted by Gasteiger charge is -2.37. The summed E-state index contributed by atoms with van der Waals surface area (Å²) in [5.41, 5.74) is 8.71. The van der Waals surface area contributed by atoms with E-state index >= 15 is 0 Å². The van der Waals surface area contributed by atoms with Crippen molar-refractivity contribution in [2.45, 2.75) is 31.5 Å². The second-order valence-corrected chi connectivity index (χ2v) is 9.34. The molecule has 3 aromatic rings. The molecule has 0 saturated carbocycles. The smallest absolute Gasteiger partial charge is 0.263 e. The van der Waals surface area contributed by atoms with Gasteiger partial charge in [0.05, 0.1) is 17.9 Å². The molecule has 2 aliphatic rings. The number of ether oxygens (including phenoxy) is 2. The molecule has 7 nitrogen and oxygen atoms in total. The average molecular weight is 439 g/mol. The lowest BCUT2D eigenvalue weighted by atomic mass is 9.93. The first-order valence-electron chi connectivity index (χ1n) is 10.6. The number of hydrogen-bond acceptors (Lipinski definition) is 7. The number of nitrogens with zero attached hydrogens (tertiary/aromatic N) is 1. The Labute approximate surface area is 184 Å². The number of carbonyl (C=O) groups excluding carboxylic acids is 1. The molecule has 0 radical (unpaired) electrons. The van der Waals surface area contributed by atoms with Crippen LogP contribution in [-0.2, 0) is 11.2 Å². The molecule has 2 saturated heterocycles. The summed E-state index contributed by atoms with van der Waals surface area (Å²) in [5, 5.41) is 7.07. The lowest BCUT2D eigenvalue weighted by molar-refractivity contribution is -0.0368. The van der Waals surface area contributed by atoms with Gasteiger partial charge in [-0.15, -0.1) is 11.3 Å². The third kappa shape index (κ3) is 4.11. The van der Waals surface area contributed by atoms with E-state index in [1.54, 1.807) is 0 Å². The van der Waals surface area contributed by atoms with Crippen molar-refractivity contribution in [1.82, 2.24) is 15.6 Å². The third-order valence-corrected chi connectivity index (χ3v) is 7.05. The Morgan fingerprint density at radius 3 is 2.84 bits per heavy atom. The summed E-state index contributed by atoms with van der Waals surface area (Å²) in [6.45, 7) is 4.94. The van der Waals surface area contributed by atoms with Crippen molar-refractivity contribution in [3.05, 3.63) is 52.5 Å². The zero-order valence-electron chi connectivity index (χ0n) is 17.4. The molecule has 8 heteroatoms. The molecule has 4 N–H and O–H groups in total. The number of thiophene rings is 1. The number of rotatable bonds is 6. The van der Waals surface area contributed by atoms with Crippen molar-refractivity contribution in [1.29, 1.82) is 0 Å². The van der Waals surface area contributed by atoms with E-state index in [0.29, 0.717) is 23.7 Å². The molecule has 2 fully saturated rings. The maximum atomic E-state index is 12.6. The molecule has 1 atom stereocenters. The highest BCUT2D eigenvalue weighted by Crippen LogP contribution is 2.33. The number of anilines is 1. The van der Waals surface area contributed by atoms with Crippen LogP contribution in [0, 0.1) is 6.92 Å². The minimum absolute atomic E-state index is 0.00445. The number of nitrogens with two attached hydrogens (primary N) is 1. The molecule has 1 spiro atoms. The Kier molecular flexibility index (Phi) is 5.29. The highest BCUT2D eigenvalue weighted by molar-refractivity contribution is 7.21. The zero-order chi connectivity index (χ0) is 21.4. The molecular weight excluding hydrogens is 412 g/mol. The first-order valence-corrected chi connectivity index (χ1v) is 11.4. The Morgan fingerprint density at radius 1 is 1.32 bits per heavy atom. The van der Waals surface area contributed by atoms with E-state index in [9.17, 15) is 4.79 Å². The van der Waals surface area contributed by atoms with Crippen LogP contribution in [0.4, 0.5) is 5.69 Å². The first-order chi connectivity index (χ1) is 15.0. The summed E-state index contributed by atoms with van der Waals surface area (Å²) in [4.78, 5) is 18.4. The van der Waals surface area contributed by atoms with Crippen LogP contribution in [0.5, 0.6) is 5.75 Å². The highest BCUT2D eigenvalue weighted by atomic mass is 32.1. The van der Waals surface area contributed by atoms with Gasteiger partial charge in [0, 0.05) is 37.1 Å². The maximum absolute atomic E-state index is 12.6. The quantitative estimate of drug-likeness (QED) is 0.547. The number of pyridine rings is 1. The number of benzene rings is 1. The molecule has 31 heavy (non-hydrogen) atoms. The van der Waals surface area contributed by atoms with Gasteiger partial charge in [-0.3, -0.25) is 4.79 Å². The van der Waals surface area contributed by atoms with Gasteiger partial charge in [0.1, 0.15) is 21.6 Å². The molecule has 4 heterocycles. The van der Waals surface area contributed by atoms with Crippen molar-refractivity contribution in [2.75, 3.05) is 32.0 Å². The van der Waals surface area contributed by atoms with Crippen LogP contribution in [0.1, 0.15) is 27.3 Å². The molecule has 162 valence electrons. The molecular formula is C23H26N4O3S. The van der Waals surface area contributed by atoms with Crippen LogP contribution in [0.2, 0.25) is 0 Å². The highest BCUT2D eigenvalue weighted by Gasteiger charge is 2.46. The van der Waals surface area contributed by atoms with Crippen LogP contribution < -0.4 is 21.1 Å². The molecule has 2 aromatic heterocycles. The van der Waals surface area contributed by atoms with E-state index in [-0.39, 0.29) is 17.6 Å². The van der Waals surface area contributed by atoms with E-state index in [1.807, 2.05) is 43.3 Å². The number of nitrogens with one attached hydrogen (secondary N) is 2. The first kappa shape index (κ1) is 20.2. The van der Waals surface area contributed by atoms with Crippen LogP contribution in [0.25, 0.3) is 10.2 Å². The molecule has 2 aliphatic heterocycles. The van der Waals surface area contributed by atoms with Gasteiger partial charge < -0.3 is 25.8 Å². The van der Waals surface area contributed by atoms with Crippen molar-refractivity contribution >= 4 is 33.1 Å². The summed E-state index contributed by atoms with van der Waals surface area (Å²) in [6.07, 6.45) is 1.77. The van der Waals surface area contributed by atoms with Crippen LogP contribution in [0.15, 0.2) is 36.4 Å². The minimum atomic E-state index is -0.154. The standard InChI is InChI=1S/C23H26N4O3S/c1-14-2-7-18-19(24)20(31-22(18)27-14)21(28)26-9-8-15-3-5-16(6-4-15)30-17-10-23(29-11-17)12-25-13-23/h2-7,17,25H,8-13,24H2,1H3,(H,26,28)/t17-/m1/s1. The van der Waals surface area contributed by atoms with Crippen molar-refractivity contribution in [3.63, 3.8) is 0 Å². The van der Waals surface area contributed by atoms with E-state index in [2.05, 4.69) is 15.6 Å². The zero-order valence-corrected chi connectivity index (χ0v) is 18.3. The van der Waals surface area contributed by atoms with Gasteiger partial charge in [-0.1, -0.05) is 12.1 Å². The Hall–Kier alpha value is -2.68. The normalized spacial score (nSPS) is 19.5. The van der Waals surface area contributed by atoms with Crippen molar-refractivity contribution < 1.29 is 14.3 Å². The number of nitrogen functional groups attached to an aromatic ring is 1. The van der Waals surface area contributed by atoms with Gasteiger partial charge in [-0.2, -0.15) is 0 Å². The second kappa shape index (κ2) is 8.11. The van der Waals surface area contributed by atoms with Gasteiger partial charge in [0.2, 0.25) is 0 Å². The molecule has 1 aromatic carbocycles. The third-order valence-electron chi connectivity index (χ3n) is 5.93. The molecule has 0 aliphatic carbocycles. The molecule has 0 unspecified atom stereocenters. The van der Waals surface area contributed by atoms with E-state index in [0.717, 1.165) is 53.2 Å². The molecule has 0 bridgehead atoms. The fourth-order valence-electron chi connectivity index (χ4n) is 4.11. The fraction of sp³-hybridized carbons (Fsp3) is 0.391. The second-order valence-electron chi connectivity index (χ2n) is 8.34. The fourth-order valence-corrected chi connectivity index (χ4v) is 5.17. The summed E-state index contributed by atoms with van der Waals surface area (Å²) in [5.74, 6) is 0.699. The summed E-state index contributed by atoms with van der Waals surface area (Å²) < 4.78 is 12.0. The number of aromatic nitrogens is 1. The molecule has 5 rings (SSSR count). The summed E-state index contributed by atoms with van der Waals surface area (Å²) in [6, 6.07) is 11.9. The SMILES string of the molecule is Cc1ccc2c(N)c(C(=O)NCCc3ccc(O[C@H]4COC5(CNC5)C4)cc3)sc2n1. The average Bonchev–Trinajstić information content (AvgIpc) is 3.31. The predicted molar refractivity (Wildman–Crippen MR) is 122 cm³/mol. The van der Waals surface area contributed by atoms with Gasteiger partial charge >= 0.3 is 0 Å². The lowest BCUT2D eigenvalue weighted by Crippen LogP contribution is -2.59. The van der Waals surface area contributed by atoms with Crippen LogP contribution in [-0.4, -0.2) is 48.8 Å². The maximum Gasteiger partial charge on any atom is 0.263 e. The van der Waals surface area contributed by atoms with Crippen LogP contribution in [0.3, 0.4) is 0 Å². The van der Waals surface area contributed by atoms with E-state index in [4.69, 9.17) is 15.2 Å². The summed E-state index contributed by atoms with van der Waals surface area (Å²) >= 11 is 1.34. The Balaban J connectivity index is 1.13. The number of carbonyl (C=O) groups is 1. The molecule has 1 amide bonds. The van der Waals surface area contributed by atoms with E-state index < -0.39 is 0 Å². The minimum Gasteiger partial charge on any atom is -0.488 e. The Morgan fingerprint density at radius 2 is 2.13 bits per heavy atom. The van der Waals surface area contributed by atoms with Crippen molar-refractivity contribution in [3.8, 4) is 5.75 Å². The number of aryl methyl sites for hydroxylation is 1. The monoisotopic (exact) mass is 438 g/mol. The predicted octanol–water partition coefficient (Wildman–Crippen LogP) is 2.67. The van der Waals surface area contributed by atoms with Gasteiger partial charge in [-0.25, -0.2) is 4.98 Å². The van der Waals surface area contributed by atoms with E-state index in [1.165, 1.54) is 11.3 Å².